The highest BCUT2D eigenvalue weighted by Gasteiger charge is 2.58. The molecule has 38 heavy (non-hydrogen) atoms. The zero-order valence-electron chi connectivity index (χ0n) is 18.8. The van der Waals surface area contributed by atoms with Gasteiger partial charge in [0.05, 0.1) is 23.9 Å². The van der Waals surface area contributed by atoms with Crippen LogP contribution in [0.2, 0.25) is 0 Å². The molecule has 0 aliphatic heterocycles. The third-order valence-electron chi connectivity index (χ3n) is 6.71. The van der Waals surface area contributed by atoms with Crippen molar-refractivity contribution in [2.45, 2.75) is 23.2 Å². The van der Waals surface area contributed by atoms with Crippen molar-refractivity contribution in [2.24, 2.45) is 11.8 Å². The van der Waals surface area contributed by atoms with Crippen LogP contribution in [0.15, 0.2) is 53.4 Å². The summed E-state index contributed by atoms with van der Waals surface area (Å²) in [5.74, 6) is -2.41. The van der Waals surface area contributed by atoms with E-state index >= 15 is 0 Å². The van der Waals surface area contributed by atoms with Gasteiger partial charge in [-0.2, -0.15) is 0 Å². The van der Waals surface area contributed by atoms with E-state index in [1.807, 2.05) is 36.4 Å². The second-order valence-corrected chi connectivity index (χ2v) is 16.1. The van der Waals surface area contributed by atoms with E-state index in [9.17, 15) is 22.6 Å². The topological polar surface area (TPSA) is 110 Å². The van der Waals surface area contributed by atoms with Crippen molar-refractivity contribution in [1.82, 2.24) is 0 Å². The quantitative estimate of drug-likeness (QED) is 0.122. The van der Waals surface area contributed by atoms with Gasteiger partial charge in [-0.15, -0.1) is 0 Å². The summed E-state index contributed by atoms with van der Waals surface area (Å²) in [5, 5.41) is 0. The number of carbonyl (C=O) groups excluding carboxylic acids is 2. The number of carbonyl (C=O) groups is 2. The van der Waals surface area contributed by atoms with Crippen LogP contribution in [0.25, 0.3) is 0 Å². The molecule has 1 fully saturated rings. The Bertz CT molecular complexity index is 1560. The van der Waals surface area contributed by atoms with Crippen LogP contribution < -0.4 is 9.47 Å². The highest BCUT2D eigenvalue weighted by Crippen LogP contribution is 2.60. The van der Waals surface area contributed by atoms with Crippen molar-refractivity contribution < 1.29 is 32.0 Å². The number of halogens is 5. The lowest BCUT2D eigenvalue weighted by atomic mass is 9.76. The number of hydrogen-bond acceptors (Lipinski definition) is 7. The number of ether oxygens (including phenoxy) is 2. The van der Waals surface area contributed by atoms with Crippen LogP contribution in [0.3, 0.4) is 0 Å². The predicted molar refractivity (Wildman–Crippen MR) is 179 cm³/mol. The predicted octanol–water partition coefficient (Wildman–Crippen LogP) is 6.64. The molecule has 2 aliphatic carbocycles. The zero-order chi connectivity index (χ0) is 27.5. The summed E-state index contributed by atoms with van der Waals surface area (Å²) in [4.78, 5) is 27.0. The fourth-order valence-electron chi connectivity index (χ4n) is 5.33. The smallest absolute Gasteiger partial charge is 0.315 e. The molecule has 1 saturated carbocycles. The van der Waals surface area contributed by atoms with Crippen LogP contribution in [0.5, 0.6) is 11.5 Å². The molecular weight excluding hydrogens is 1080 g/mol. The van der Waals surface area contributed by atoms with E-state index in [4.69, 9.17) is 9.47 Å². The van der Waals surface area contributed by atoms with E-state index in [0.717, 1.165) is 21.8 Å². The Balaban J connectivity index is 1.49. The van der Waals surface area contributed by atoms with Crippen LogP contribution in [0, 0.1) is 29.7 Å². The normalized spacial score (nSPS) is 21.7. The second-order valence-electron chi connectivity index (χ2n) is 8.84. The summed E-state index contributed by atoms with van der Waals surface area (Å²) >= 11 is 9.94. The van der Waals surface area contributed by atoms with Crippen molar-refractivity contribution in [3.8, 4) is 11.5 Å². The average molecular weight is 1090 g/mol. The Morgan fingerprint density at radius 2 is 1.24 bits per heavy atom. The van der Waals surface area contributed by atoms with Gasteiger partial charge in [0.2, 0.25) is 0 Å². The molecule has 7 nitrogen and oxygen atoms in total. The van der Waals surface area contributed by atoms with Gasteiger partial charge in [0.25, 0.3) is 0 Å². The lowest BCUT2D eigenvalue weighted by Gasteiger charge is -2.30. The molecule has 0 radical (unpaired) electrons. The van der Waals surface area contributed by atoms with Crippen molar-refractivity contribution in [3.05, 3.63) is 77.5 Å². The Kier molecular flexibility index (Phi) is 8.93. The minimum absolute atomic E-state index is 0.112. The number of esters is 2. The average Bonchev–Trinajstić information content (AvgIpc) is 3.37. The fraction of sp³-hybridized carbons (Fsp3) is 0.200. The Hall–Kier alpha value is 0.160. The van der Waals surface area contributed by atoms with Gasteiger partial charge in [-0.3, -0.25) is 9.59 Å². The van der Waals surface area contributed by atoms with Crippen LogP contribution in [-0.2, 0) is 19.7 Å². The standard InChI is InChI=1S/C25H15I5O7S/c26-10-5-16(27)22(17(28)6-10)37-25(32)21-15-9-14(12-3-1-2-4-13(12)15)20(21)24(31)36-11-7-18(29)23(19(30)8-11)38(33,34)35/h1-8,14-15,20-21H,9H2,(H,33,34,35)/p-1. The Morgan fingerprint density at radius 3 is 1.71 bits per heavy atom. The van der Waals surface area contributed by atoms with E-state index in [2.05, 4.69) is 67.8 Å². The number of hydrogen-bond donors (Lipinski definition) is 0. The van der Waals surface area contributed by atoms with E-state index in [-0.39, 0.29) is 29.6 Å². The zero-order valence-corrected chi connectivity index (χ0v) is 30.4. The molecule has 0 heterocycles. The number of rotatable bonds is 5. The first-order valence-corrected chi connectivity index (χ1v) is 17.8. The lowest BCUT2D eigenvalue weighted by Crippen LogP contribution is -2.38. The maximum Gasteiger partial charge on any atom is 0.315 e. The fourth-order valence-corrected chi connectivity index (χ4v) is 13.1. The first-order valence-electron chi connectivity index (χ1n) is 11.0. The maximum absolute atomic E-state index is 13.7. The summed E-state index contributed by atoms with van der Waals surface area (Å²) in [6.45, 7) is 0. The highest BCUT2D eigenvalue weighted by molar-refractivity contribution is 14.1. The molecule has 0 spiro atoms. The molecule has 3 aromatic carbocycles. The minimum Gasteiger partial charge on any atom is -0.744 e. The van der Waals surface area contributed by atoms with Gasteiger partial charge in [0.15, 0.2) is 5.75 Å². The van der Waals surface area contributed by atoms with Gasteiger partial charge in [0, 0.05) is 10.7 Å². The summed E-state index contributed by atoms with van der Waals surface area (Å²) in [7, 11) is -4.69. The molecule has 0 aromatic heterocycles. The van der Waals surface area contributed by atoms with Crippen molar-refractivity contribution in [2.75, 3.05) is 0 Å². The molecule has 13 heteroatoms. The molecule has 2 bridgehead atoms. The first kappa shape index (κ1) is 29.6. The maximum atomic E-state index is 13.7. The van der Waals surface area contributed by atoms with Crippen molar-refractivity contribution >= 4 is 135 Å². The molecule has 0 amide bonds. The monoisotopic (exact) mass is 1090 g/mol. The Morgan fingerprint density at radius 1 is 0.763 bits per heavy atom. The van der Waals surface area contributed by atoms with E-state index in [0.29, 0.717) is 12.2 Å². The molecule has 4 unspecified atom stereocenters. The lowest BCUT2D eigenvalue weighted by molar-refractivity contribution is -0.150. The third kappa shape index (κ3) is 5.62. The Labute approximate surface area is 287 Å². The van der Waals surface area contributed by atoms with Crippen LogP contribution in [0.1, 0.15) is 29.4 Å². The largest absolute Gasteiger partial charge is 0.744 e. The minimum atomic E-state index is -4.69. The van der Waals surface area contributed by atoms with E-state index in [1.165, 1.54) is 12.1 Å². The van der Waals surface area contributed by atoms with Gasteiger partial charge < -0.3 is 14.0 Å². The molecule has 4 atom stereocenters. The van der Waals surface area contributed by atoms with Gasteiger partial charge in [-0.05, 0) is 167 Å². The molecule has 198 valence electrons. The molecule has 2 aliphatic rings. The highest BCUT2D eigenvalue weighted by atomic mass is 127. The van der Waals surface area contributed by atoms with Crippen molar-refractivity contribution in [3.63, 3.8) is 0 Å². The van der Waals surface area contributed by atoms with Gasteiger partial charge in [0.1, 0.15) is 15.9 Å². The summed E-state index contributed by atoms with van der Waals surface area (Å²) in [6, 6.07) is 14.3. The van der Waals surface area contributed by atoms with Gasteiger partial charge in [-0.1, -0.05) is 24.3 Å². The van der Waals surface area contributed by atoms with E-state index in [1.54, 1.807) is 45.2 Å². The van der Waals surface area contributed by atoms with Crippen LogP contribution in [0.4, 0.5) is 0 Å². The van der Waals surface area contributed by atoms with Crippen LogP contribution in [-0.4, -0.2) is 24.9 Å². The molecule has 0 N–H and O–H groups in total. The first-order chi connectivity index (χ1) is 17.9. The summed E-state index contributed by atoms with van der Waals surface area (Å²) < 4.78 is 49.5. The SMILES string of the molecule is O=C(Oc1cc(I)c(S(=O)(=O)[O-])c(I)c1)C1C2CC(c3ccccc32)C1C(=O)Oc1c(I)cc(I)cc1I. The van der Waals surface area contributed by atoms with Crippen LogP contribution >= 0.6 is 113 Å². The molecular formula is C25H14I5O7S-. The second kappa shape index (κ2) is 11.4. The summed E-state index contributed by atoms with van der Waals surface area (Å²) in [6.07, 6.45) is 0.627. The summed E-state index contributed by atoms with van der Waals surface area (Å²) in [5.41, 5.74) is 2.07. The molecule has 0 saturated heterocycles. The number of benzene rings is 3. The molecule has 5 rings (SSSR count). The van der Waals surface area contributed by atoms with Gasteiger partial charge >= 0.3 is 11.9 Å². The number of fused-ring (bicyclic) bond motifs is 5. The third-order valence-corrected chi connectivity index (χ3v) is 12.3. The van der Waals surface area contributed by atoms with Gasteiger partial charge in [-0.25, -0.2) is 8.42 Å². The molecule has 3 aromatic rings. The van der Waals surface area contributed by atoms with Crippen molar-refractivity contribution in [1.29, 1.82) is 0 Å². The van der Waals surface area contributed by atoms with E-state index < -0.39 is 33.9 Å².